The number of carbonyl (C=O) groups excluding carboxylic acids is 1. The van der Waals surface area contributed by atoms with Gasteiger partial charge in [-0.1, -0.05) is 25.1 Å². The second kappa shape index (κ2) is 7.27. The van der Waals surface area contributed by atoms with Crippen molar-refractivity contribution in [2.75, 3.05) is 0 Å². The summed E-state index contributed by atoms with van der Waals surface area (Å²) in [6.45, 7) is 2.42. The Labute approximate surface area is 106 Å². The molecule has 0 unspecified atom stereocenters. The molecule has 1 aromatic carbocycles. The van der Waals surface area contributed by atoms with Gasteiger partial charge in [0.25, 0.3) is 0 Å². The van der Waals surface area contributed by atoms with Gasteiger partial charge in [0.2, 0.25) is 5.91 Å². The van der Waals surface area contributed by atoms with Crippen LogP contribution in [0.2, 0.25) is 0 Å². The fraction of sp³-hybridized carbons (Fsp3) is 0.286. The van der Waals surface area contributed by atoms with Gasteiger partial charge in [0.15, 0.2) is 0 Å². The quantitative estimate of drug-likeness (QED) is 0.757. The number of carboxylic acid groups (broad SMARTS) is 1. The van der Waals surface area contributed by atoms with E-state index < -0.39 is 5.97 Å². The molecule has 0 aliphatic carbocycles. The third-order valence-electron chi connectivity index (χ3n) is 2.34. The lowest BCUT2D eigenvalue weighted by atomic mass is 10.1. The number of hydrogen-bond acceptors (Lipinski definition) is 2. The van der Waals surface area contributed by atoms with Gasteiger partial charge in [-0.25, -0.2) is 4.79 Å². The topological polar surface area (TPSA) is 66.4 Å². The normalized spacial score (nSPS) is 10.5. The summed E-state index contributed by atoms with van der Waals surface area (Å²) < 4.78 is 0. The number of rotatable bonds is 6. The van der Waals surface area contributed by atoms with Crippen LogP contribution in [-0.2, 0) is 16.1 Å². The minimum absolute atomic E-state index is 0.0315. The highest BCUT2D eigenvalue weighted by molar-refractivity contribution is 5.85. The van der Waals surface area contributed by atoms with Crippen LogP contribution in [0.25, 0.3) is 6.08 Å². The van der Waals surface area contributed by atoms with Crippen molar-refractivity contribution in [1.82, 2.24) is 5.32 Å². The van der Waals surface area contributed by atoms with Crippen molar-refractivity contribution in [3.63, 3.8) is 0 Å². The monoisotopic (exact) mass is 247 g/mol. The number of benzene rings is 1. The molecule has 1 rings (SSSR count). The highest BCUT2D eigenvalue weighted by Gasteiger charge is 1.99. The fourth-order valence-corrected chi connectivity index (χ4v) is 1.49. The maximum Gasteiger partial charge on any atom is 0.328 e. The van der Waals surface area contributed by atoms with E-state index in [-0.39, 0.29) is 5.91 Å². The van der Waals surface area contributed by atoms with Gasteiger partial charge >= 0.3 is 5.97 Å². The molecular formula is C14H17NO3. The van der Waals surface area contributed by atoms with E-state index in [1.165, 1.54) is 6.08 Å². The van der Waals surface area contributed by atoms with Crippen LogP contribution in [0.5, 0.6) is 0 Å². The Balaban J connectivity index is 2.59. The molecule has 0 fully saturated rings. The molecule has 0 heterocycles. The Kier molecular flexibility index (Phi) is 5.64. The van der Waals surface area contributed by atoms with E-state index in [0.29, 0.717) is 13.0 Å². The number of hydrogen-bond donors (Lipinski definition) is 2. The summed E-state index contributed by atoms with van der Waals surface area (Å²) in [6, 6.07) is 7.40. The van der Waals surface area contributed by atoms with Gasteiger partial charge in [0.05, 0.1) is 0 Å². The summed E-state index contributed by atoms with van der Waals surface area (Å²) in [6.07, 6.45) is 3.97. The first-order chi connectivity index (χ1) is 8.61. The molecule has 0 aromatic heterocycles. The maximum absolute atomic E-state index is 11.3. The van der Waals surface area contributed by atoms with Crippen LogP contribution in [0, 0.1) is 0 Å². The van der Waals surface area contributed by atoms with Crippen molar-refractivity contribution >= 4 is 18.0 Å². The van der Waals surface area contributed by atoms with E-state index in [2.05, 4.69) is 5.32 Å². The molecule has 2 N–H and O–H groups in total. The molecule has 18 heavy (non-hydrogen) atoms. The summed E-state index contributed by atoms with van der Waals surface area (Å²) in [5, 5.41) is 11.3. The smallest absolute Gasteiger partial charge is 0.328 e. The molecule has 0 atom stereocenters. The standard InChI is InChI=1S/C14H17NO3/c1-2-4-13(16)15-10-12-6-3-5-11(9-12)7-8-14(17)18/h3,5-9H,2,4,10H2,1H3,(H,15,16)(H,17,18). The van der Waals surface area contributed by atoms with Crippen molar-refractivity contribution in [3.05, 3.63) is 41.5 Å². The Hall–Kier alpha value is -2.10. The van der Waals surface area contributed by atoms with Crippen LogP contribution < -0.4 is 5.32 Å². The molecule has 0 aliphatic rings. The number of amides is 1. The Morgan fingerprint density at radius 1 is 1.39 bits per heavy atom. The first kappa shape index (κ1) is 14.0. The van der Waals surface area contributed by atoms with Crippen molar-refractivity contribution in [2.45, 2.75) is 26.3 Å². The zero-order chi connectivity index (χ0) is 13.4. The summed E-state index contributed by atoms with van der Waals surface area (Å²) >= 11 is 0. The lowest BCUT2D eigenvalue weighted by Gasteiger charge is -2.05. The van der Waals surface area contributed by atoms with E-state index >= 15 is 0 Å². The zero-order valence-corrected chi connectivity index (χ0v) is 10.3. The molecule has 0 saturated heterocycles. The van der Waals surface area contributed by atoms with Crippen LogP contribution in [0.1, 0.15) is 30.9 Å². The second-order valence-corrected chi connectivity index (χ2v) is 3.94. The van der Waals surface area contributed by atoms with Gasteiger partial charge < -0.3 is 10.4 Å². The molecule has 1 amide bonds. The highest BCUT2D eigenvalue weighted by Crippen LogP contribution is 2.07. The maximum atomic E-state index is 11.3. The Morgan fingerprint density at radius 3 is 2.83 bits per heavy atom. The van der Waals surface area contributed by atoms with Gasteiger partial charge in [0, 0.05) is 19.0 Å². The number of carboxylic acids is 1. The number of aliphatic carboxylic acids is 1. The van der Waals surface area contributed by atoms with Gasteiger partial charge in [-0.3, -0.25) is 4.79 Å². The van der Waals surface area contributed by atoms with Crippen LogP contribution in [0.15, 0.2) is 30.3 Å². The third kappa shape index (κ3) is 5.30. The average molecular weight is 247 g/mol. The van der Waals surface area contributed by atoms with Crippen molar-refractivity contribution in [2.24, 2.45) is 0 Å². The molecule has 0 saturated carbocycles. The van der Waals surface area contributed by atoms with E-state index in [9.17, 15) is 9.59 Å². The summed E-state index contributed by atoms with van der Waals surface area (Å²) in [5.41, 5.74) is 1.76. The molecule has 0 bridgehead atoms. The van der Waals surface area contributed by atoms with Crippen molar-refractivity contribution in [3.8, 4) is 0 Å². The minimum atomic E-state index is -0.975. The molecule has 4 heteroatoms. The van der Waals surface area contributed by atoms with Crippen LogP contribution in [0.4, 0.5) is 0 Å². The van der Waals surface area contributed by atoms with Gasteiger partial charge in [-0.15, -0.1) is 0 Å². The van der Waals surface area contributed by atoms with Gasteiger partial charge in [-0.2, -0.15) is 0 Å². The Morgan fingerprint density at radius 2 is 2.17 bits per heavy atom. The highest BCUT2D eigenvalue weighted by atomic mass is 16.4. The van der Waals surface area contributed by atoms with E-state index in [1.807, 2.05) is 31.2 Å². The molecule has 0 aliphatic heterocycles. The summed E-state index contributed by atoms with van der Waals surface area (Å²) in [7, 11) is 0. The van der Waals surface area contributed by atoms with Crippen LogP contribution in [-0.4, -0.2) is 17.0 Å². The second-order valence-electron chi connectivity index (χ2n) is 3.94. The predicted molar refractivity (Wildman–Crippen MR) is 69.9 cm³/mol. The lowest BCUT2D eigenvalue weighted by Crippen LogP contribution is -2.22. The lowest BCUT2D eigenvalue weighted by molar-refractivity contribution is -0.131. The summed E-state index contributed by atoms with van der Waals surface area (Å²) in [5.74, 6) is -0.944. The minimum Gasteiger partial charge on any atom is -0.478 e. The average Bonchev–Trinajstić information content (AvgIpc) is 2.35. The predicted octanol–water partition coefficient (Wildman–Crippen LogP) is 2.20. The first-order valence-corrected chi connectivity index (χ1v) is 5.88. The third-order valence-corrected chi connectivity index (χ3v) is 2.34. The number of nitrogens with one attached hydrogen (secondary N) is 1. The van der Waals surface area contributed by atoms with Gasteiger partial charge in [0.1, 0.15) is 0 Å². The largest absolute Gasteiger partial charge is 0.478 e. The number of carbonyl (C=O) groups is 2. The first-order valence-electron chi connectivity index (χ1n) is 5.88. The molecule has 0 radical (unpaired) electrons. The van der Waals surface area contributed by atoms with Crippen LogP contribution >= 0.6 is 0 Å². The molecule has 96 valence electrons. The molecule has 1 aromatic rings. The van der Waals surface area contributed by atoms with Crippen molar-refractivity contribution in [1.29, 1.82) is 0 Å². The Bertz CT molecular complexity index is 452. The van der Waals surface area contributed by atoms with E-state index in [0.717, 1.165) is 23.6 Å². The fourth-order valence-electron chi connectivity index (χ4n) is 1.49. The molecular weight excluding hydrogens is 230 g/mol. The van der Waals surface area contributed by atoms with Crippen molar-refractivity contribution < 1.29 is 14.7 Å². The van der Waals surface area contributed by atoms with Gasteiger partial charge in [-0.05, 0) is 29.7 Å². The van der Waals surface area contributed by atoms with E-state index in [1.54, 1.807) is 0 Å². The zero-order valence-electron chi connectivity index (χ0n) is 10.3. The van der Waals surface area contributed by atoms with E-state index in [4.69, 9.17) is 5.11 Å². The summed E-state index contributed by atoms with van der Waals surface area (Å²) in [4.78, 5) is 21.7. The molecule has 0 spiro atoms. The molecule has 4 nitrogen and oxygen atoms in total. The van der Waals surface area contributed by atoms with Crippen LogP contribution in [0.3, 0.4) is 0 Å². The SMILES string of the molecule is CCCC(=O)NCc1cccc(C=CC(=O)O)c1.